The monoisotopic (exact) mass is 262 g/mol. The van der Waals surface area contributed by atoms with Crippen molar-refractivity contribution in [2.75, 3.05) is 18.0 Å². The SMILES string of the molecule is Cc1nc(C)n(-c2ccnc(N3CCC(F)C3)n2)n1. The van der Waals surface area contributed by atoms with Crippen molar-refractivity contribution < 1.29 is 4.39 Å². The number of nitrogens with zero attached hydrogens (tertiary/aromatic N) is 6. The van der Waals surface area contributed by atoms with Gasteiger partial charge in [0.25, 0.3) is 0 Å². The number of hydrogen-bond donors (Lipinski definition) is 0. The van der Waals surface area contributed by atoms with E-state index in [1.165, 1.54) is 0 Å². The molecule has 0 amide bonds. The molecule has 2 aromatic heterocycles. The maximum Gasteiger partial charge on any atom is 0.227 e. The Morgan fingerprint density at radius 1 is 1.32 bits per heavy atom. The fraction of sp³-hybridized carbons (Fsp3) is 0.500. The van der Waals surface area contributed by atoms with Gasteiger partial charge in [0.2, 0.25) is 5.95 Å². The molecule has 1 aliphatic heterocycles. The van der Waals surface area contributed by atoms with Crippen LogP contribution in [0.3, 0.4) is 0 Å². The number of halogens is 1. The minimum Gasteiger partial charge on any atom is -0.338 e. The van der Waals surface area contributed by atoms with E-state index in [0.29, 0.717) is 37.1 Å². The molecule has 1 aliphatic rings. The summed E-state index contributed by atoms with van der Waals surface area (Å²) < 4.78 is 14.9. The molecule has 1 atom stereocenters. The van der Waals surface area contributed by atoms with Crippen LogP contribution in [0.1, 0.15) is 18.1 Å². The Balaban J connectivity index is 1.94. The molecule has 0 spiro atoms. The van der Waals surface area contributed by atoms with Crippen LogP contribution in [0.15, 0.2) is 12.3 Å². The van der Waals surface area contributed by atoms with Gasteiger partial charge in [0.1, 0.15) is 17.8 Å². The van der Waals surface area contributed by atoms with E-state index >= 15 is 0 Å². The largest absolute Gasteiger partial charge is 0.338 e. The molecule has 0 saturated carbocycles. The van der Waals surface area contributed by atoms with E-state index in [1.54, 1.807) is 16.9 Å². The van der Waals surface area contributed by atoms with Crippen LogP contribution in [0.5, 0.6) is 0 Å². The van der Waals surface area contributed by atoms with Gasteiger partial charge in [0, 0.05) is 18.8 Å². The van der Waals surface area contributed by atoms with Crippen LogP contribution in [-0.2, 0) is 0 Å². The van der Waals surface area contributed by atoms with E-state index in [9.17, 15) is 4.39 Å². The molecule has 100 valence electrons. The highest BCUT2D eigenvalue weighted by molar-refractivity contribution is 5.36. The van der Waals surface area contributed by atoms with Crippen LogP contribution in [0.25, 0.3) is 5.82 Å². The standard InChI is InChI=1S/C12H15FN6/c1-8-15-9(2)19(17-8)11-3-5-14-12(16-11)18-6-4-10(13)7-18/h3,5,10H,4,6-7H2,1-2H3. The van der Waals surface area contributed by atoms with Crippen LogP contribution in [0.4, 0.5) is 10.3 Å². The Morgan fingerprint density at radius 3 is 2.79 bits per heavy atom. The summed E-state index contributed by atoms with van der Waals surface area (Å²) in [6, 6.07) is 1.77. The first-order valence-corrected chi connectivity index (χ1v) is 6.26. The molecular formula is C12H15FN6. The van der Waals surface area contributed by atoms with Gasteiger partial charge in [-0.1, -0.05) is 0 Å². The van der Waals surface area contributed by atoms with E-state index in [1.807, 2.05) is 18.7 Å². The van der Waals surface area contributed by atoms with Crippen molar-refractivity contribution in [3.05, 3.63) is 23.9 Å². The topological polar surface area (TPSA) is 59.7 Å². The second-order valence-electron chi connectivity index (χ2n) is 4.66. The van der Waals surface area contributed by atoms with Crippen LogP contribution in [0.2, 0.25) is 0 Å². The molecule has 0 aliphatic carbocycles. The smallest absolute Gasteiger partial charge is 0.227 e. The van der Waals surface area contributed by atoms with Crippen molar-refractivity contribution in [1.82, 2.24) is 24.7 Å². The zero-order chi connectivity index (χ0) is 13.4. The Kier molecular flexibility index (Phi) is 2.88. The molecule has 2 aromatic rings. The number of hydrogen-bond acceptors (Lipinski definition) is 5. The van der Waals surface area contributed by atoms with Gasteiger partial charge in [-0.05, 0) is 20.3 Å². The lowest BCUT2D eigenvalue weighted by atomic mass is 10.3. The molecule has 0 bridgehead atoms. The van der Waals surface area contributed by atoms with E-state index in [2.05, 4.69) is 20.1 Å². The van der Waals surface area contributed by atoms with Crippen molar-refractivity contribution in [3.63, 3.8) is 0 Å². The quantitative estimate of drug-likeness (QED) is 0.814. The third kappa shape index (κ3) is 2.27. The summed E-state index contributed by atoms with van der Waals surface area (Å²) >= 11 is 0. The minimum atomic E-state index is -0.789. The van der Waals surface area contributed by atoms with Gasteiger partial charge < -0.3 is 4.90 Å². The number of anilines is 1. The predicted molar refractivity (Wildman–Crippen MR) is 68.1 cm³/mol. The summed E-state index contributed by atoms with van der Waals surface area (Å²) in [4.78, 5) is 14.7. The Morgan fingerprint density at radius 2 is 2.16 bits per heavy atom. The molecule has 0 N–H and O–H groups in total. The highest BCUT2D eigenvalue weighted by atomic mass is 19.1. The average Bonchev–Trinajstić information content (AvgIpc) is 2.96. The van der Waals surface area contributed by atoms with E-state index in [-0.39, 0.29) is 0 Å². The first kappa shape index (κ1) is 12.0. The zero-order valence-corrected chi connectivity index (χ0v) is 10.9. The third-order valence-corrected chi connectivity index (χ3v) is 3.13. The second kappa shape index (κ2) is 4.56. The Hall–Kier alpha value is -2.05. The summed E-state index contributed by atoms with van der Waals surface area (Å²) in [5.41, 5.74) is 0. The number of aryl methyl sites for hydroxylation is 2. The lowest BCUT2D eigenvalue weighted by Crippen LogP contribution is -2.23. The summed E-state index contributed by atoms with van der Waals surface area (Å²) in [6.07, 6.45) is 1.41. The van der Waals surface area contributed by atoms with Gasteiger partial charge in [-0.2, -0.15) is 9.67 Å². The summed E-state index contributed by atoms with van der Waals surface area (Å²) in [7, 11) is 0. The van der Waals surface area contributed by atoms with Crippen molar-refractivity contribution in [2.45, 2.75) is 26.4 Å². The van der Waals surface area contributed by atoms with E-state index < -0.39 is 6.17 Å². The third-order valence-electron chi connectivity index (χ3n) is 3.13. The predicted octanol–water partition coefficient (Wildman–Crippen LogP) is 1.22. The molecule has 0 radical (unpaired) electrons. The average molecular weight is 262 g/mol. The minimum absolute atomic E-state index is 0.360. The highest BCUT2D eigenvalue weighted by Crippen LogP contribution is 2.19. The van der Waals surface area contributed by atoms with Crippen LogP contribution in [-0.4, -0.2) is 44.0 Å². The van der Waals surface area contributed by atoms with Crippen molar-refractivity contribution in [2.24, 2.45) is 0 Å². The van der Waals surface area contributed by atoms with Gasteiger partial charge in [0.15, 0.2) is 5.82 Å². The fourth-order valence-electron chi connectivity index (χ4n) is 2.25. The van der Waals surface area contributed by atoms with E-state index in [0.717, 1.165) is 5.82 Å². The van der Waals surface area contributed by atoms with Gasteiger partial charge >= 0.3 is 0 Å². The zero-order valence-electron chi connectivity index (χ0n) is 10.9. The number of rotatable bonds is 2. The first-order chi connectivity index (χ1) is 9.13. The Labute approximate surface area is 110 Å². The summed E-state index contributed by atoms with van der Waals surface area (Å²) in [5.74, 6) is 2.67. The molecule has 1 fully saturated rings. The molecule has 7 heteroatoms. The first-order valence-electron chi connectivity index (χ1n) is 6.26. The summed E-state index contributed by atoms with van der Waals surface area (Å²) in [5, 5.41) is 4.29. The van der Waals surface area contributed by atoms with Crippen molar-refractivity contribution >= 4 is 5.95 Å². The molecule has 0 aromatic carbocycles. The Bertz CT molecular complexity index is 596. The maximum absolute atomic E-state index is 13.2. The fourth-order valence-corrected chi connectivity index (χ4v) is 2.25. The van der Waals surface area contributed by atoms with Gasteiger partial charge in [-0.3, -0.25) is 0 Å². The normalized spacial score (nSPS) is 19.1. The number of aromatic nitrogens is 5. The molecule has 1 unspecified atom stereocenters. The molecule has 19 heavy (non-hydrogen) atoms. The molecular weight excluding hydrogens is 247 g/mol. The highest BCUT2D eigenvalue weighted by Gasteiger charge is 2.24. The van der Waals surface area contributed by atoms with E-state index in [4.69, 9.17) is 0 Å². The molecule has 3 heterocycles. The second-order valence-corrected chi connectivity index (χ2v) is 4.66. The molecule has 6 nitrogen and oxygen atoms in total. The van der Waals surface area contributed by atoms with Crippen LogP contribution in [0, 0.1) is 13.8 Å². The number of alkyl halides is 1. The maximum atomic E-state index is 13.2. The lowest BCUT2D eigenvalue weighted by Gasteiger charge is -2.15. The summed E-state index contributed by atoms with van der Waals surface area (Å²) in [6.45, 7) is 4.72. The van der Waals surface area contributed by atoms with Crippen molar-refractivity contribution in [3.8, 4) is 5.82 Å². The molecule has 3 rings (SSSR count). The van der Waals surface area contributed by atoms with Gasteiger partial charge in [-0.25, -0.2) is 14.4 Å². The van der Waals surface area contributed by atoms with Gasteiger partial charge in [0.05, 0.1) is 6.54 Å². The van der Waals surface area contributed by atoms with Crippen LogP contribution >= 0.6 is 0 Å². The lowest BCUT2D eigenvalue weighted by molar-refractivity contribution is 0.364. The van der Waals surface area contributed by atoms with Crippen LogP contribution < -0.4 is 4.90 Å². The molecule has 1 saturated heterocycles. The van der Waals surface area contributed by atoms with Gasteiger partial charge in [-0.15, -0.1) is 5.10 Å². The van der Waals surface area contributed by atoms with Crippen molar-refractivity contribution in [1.29, 1.82) is 0 Å².